The number of hydrogen-bond donors (Lipinski definition) is 1. The minimum absolute atomic E-state index is 0.258. The van der Waals surface area contributed by atoms with Crippen LogP contribution in [0.2, 0.25) is 5.15 Å². The number of nitrogens with zero attached hydrogens (tertiary/aromatic N) is 2. The van der Waals surface area contributed by atoms with Crippen LogP contribution in [-0.4, -0.2) is 21.8 Å². The van der Waals surface area contributed by atoms with Gasteiger partial charge in [0.05, 0.1) is 0 Å². The molecule has 9 heteroatoms. The number of anilines is 1. The fourth-order valence-corrected chi connectivity index (χ4v) is 1.72. The number of halogens is 5. The first-order chi connectivity index (χ1) is 7.80. The molecule has 0 saturated carbocycles. The van der Waals surface area contributed by atoms with Gasteiger partial charge in [-0.15, -0.1) is 0 Å². The average molecular weight is 272 g/mol. The first-order valence-corrected chi connectivity index (χ1v) is 4.97. The molecule has 0 aliphatic carbocycles. The van der Waals surface area contributed by atoms with Crippen LogP contribution in [0.1, 0.15) is 6.42 Å². The van der Waals surface area contributed by atoms with Gasteiger partial charge in [0.2, 0.25) is 11.8 Å². The Hall–Kier alpha value is -1.31. The highest BCUT2D eigenvalue weighted by Gasteiger charge is 2.42. The van der Waals surface area contributed by atoms with E-state index in [2.05, 4.69) is 4.98 Å². The zero-order valence-electron chi connectivity index (χ0n) is 8.18. The first kappa shape index (κ1) is 12.2. The molecule has 0 bridgehead atoms. The lowest BCUT2D eigenvalue weighted by molar-refractivity contribution is -0.145. The van der Waals surface area contributed by atoms with Gasteiger partial charge < -0.3 is 5.32 Å². The molecule has 2 heterocycles. The van der Waals surface area contributed by atoms with Crippen molar-refractivity contribution >= 4 is 17.5 Å². The second-order valence-electron chi connectivity index (χ2n) is 3.52. The molecule has 0 radical (unpaired) electrons. The summed E-state index contributed by atoms with van der Waals surface area (Å²) in [6, 6.07) is -1.81. The second-order valence-corrected chi connectivity index (χ2v) is 3.88. The van der Waals surface area contributed by atoms with E-state index in [-0.39, 0.29) is 18.9 Å². The van der Waals surface area contributed by atoms with E-state index < -0.39 is 28.7 Å². The molecule has 1 aromatic rings. The summed E-state index contributed by atoms with van der Waals surface area (Å²) in [6.45, 7) is -0.258. The molecule has 2 rings (SSSR count). The molecule has 0 saturated heterocycles. The molecular formula is C8H6ClF4N3O. The minimum Gasteiger partial charge on any atom is -0.344 e. The van der Waals surface area contributed by atoms with Crippen LogP contribution in [0.25, 0.3) is 0 Å². The SMILES string of the molecule is O=c1c(F)c(Cl)nc2n1CC[C@H](C(F)(F)F)N2. The van der Waals surface area contributed by atoms with Crippen LogP contribution in [0.4, 0.5) is 23.5 Å². The molecule has 0 fully saturated rings. The molecule has 1 aliphatic heterocycles. The predicted molar refractivity (Wildman–Crippen MR) is 51.5 cm³/mol. The Labute approximate surface area is 97.2 Å². The maximum Gasteiger partial charge on any atom is 0.408 e. The van der Waals surface area contributed by atoms with E-state index in [9.17, 15) is 22.4 Å². The first-order valence-electron chi connectivity index (χ1n) is 4.60. The van der Waals surface area contributed by atoms with Crippen LogP contribution in [0.5, 0.6) is 0 Å². The van der Waals surface area contributed by atoms with Gasteiger partial charge in [0.1, 0.15) is 6.04 Å². The molecule has 0 spiro atoms. The fraction of sp³-hybridized carbons (Fsp3) is 0.500. The van der Waals surface area contributed by atoms with E-state index in [0.717, 1.165) is 4.57 Å². The van der Waals surface area contributed by atoms with Gasteiger partial charge in [0.25, 0.3) is 5.56 Å². The molecule has 94 valence electrons. The Morgan fingerprint density at radius 2 is 2.12 bits per heavy atom. The Kier molecular flexibility index (Phi) is 2.76. The van der Waals surface area contributed by atoms with Gasteiger partial charge in [-0.25, -0.2) is 0 Å². The molecule has 1 aliphatic rings. The van der Waals surface area contributed by atoms with Gasteiger partial charge >= 0.3 is 6.18 Å². The molecule has 4 nitrogen and oxygen atoms in total. The van der Waals surface area contributed by atoms with Crippen LogP contribution in [0.3, 0.4) is 0 Å². The molecule has 0 aromatic carbocycles. The Morgan fingerprint density at radius 1 is 1.47 bits per heavy atom. The number of rotatable bonds is 0. The third kappa shape index (κ3) is 2.08. The highest BCUT2D eigenvalue weighted by atomic mass is 35.5. The fourth-order valence-electron chi connectivity index (χ4n) is 1.55. The standard InChI is InChI=1S/C8H6ClF4N3O/c9-5-4(10)6(17)16-2-1-3(8(11,12)13)14-7(16)15-5/h3H,1-2H2,(H,14,15)/t3-/m1/s1. The smallest absolute Gasteiger partial charge is 0.344 e. The molecule has 1 aromatic heterocycles. The van der Waals surface area contributed by atoms with Gasteiger partial charge in [-0.05, 0) is 6.42 Å². The summed E-state index contributed by atoms with van der Waals surface area (Å²) in [4.78, 5) is 14.7. The highest BCUT2D eigenvalue weighted by Crippen LogP contribution is 2.28. The lowest BCUT2D eigenvalue weighted by Crippen LogP contribution is -2.44. The maximum absolute atomic E-state index is 13.1. The number of aromatic nitrogens is 2. The van der Waals surface area contributed by atoms with Crippen LogP contribution in [-0.2, 0) is 6.54 Å². The topological polar surface area (TPSA) is 46.9 Å². The molecule has 1 N–H and O–H groups in total. The Morgan fingerprint density at radius 3 is 2.71 bits per heavy atom. The van der Waals surface area contributed by atoms with E-state index in [1.165, 1.54) is 0 Å². The minimum atomic E-state index is -4.45. The number of hydrogen-bond acceptors (Lipinski definition) is 3. The van der Waals surface area contributed by atoms with Crippen molar-refractivity contribution in [2.24, 2.45) is 0 Å². The third-order valence-corrected chi connectivity index (χ3v) is 2.66. The molecule has 0 unspecified atom stereocenters. The van der Waals surface area contributed by atoms with Crippen LogP contribution < -0.4 is 10.9 Å². The van der Waals surface area contributed by atoms with Crippen LogP contribution >= 0.6 is 11.6 Å². The number of alkyl halides is 3. The van der Waals surface area contributed by atoms with Crippen molar-refractivity contribution in [1.82, 2.24) is 9.55 Å². The lowest BCUT2D eigenvalue weighted by atomic mass is 10.1. The van der Waals surface area contributed by atoms with Gasteiger partial charge in [0.15, 0.2) is 5.15 Å². The van der Waals surface area contributed by atoms with Gasteiger partial charge in [-0.2, -0.15) is 22.5 Å². The Balaban J connectivity index is 2.44. The summed E-state index contributed by atoms with van der Waals surface area (Å²) in [5.41, 5.74) is -1.08. The summed E-state index contributed by atoms with van der Waals surface area (Å²) in [6.07, 6.45) is -4.82. The van der Waals surface area contributed by atoms with Crippen LogP contribution in [0, 0.1) is 5.82 Å². The van der Waals surface area contributed by atoms with Crippen molar-refractivity contribution < 1.29 is 17.6 Å². The second kappa shape index (κ2) is 3.86. The maximum atomic E-state index is 13.1. The monoisotopic (exact) mass is 271 g/mol. The zero-order chi connectivity index (χ0) is 12.8. The summed E-state index contributed by atoms with van der Waals surface area (Å²) in [7, 11) is 0. The highest BCUT2D eigenvalue weighted by molar-refractivity contribution is 6.29. The summed E-state index contributed by atoms with van der Waals surface area (Å²) >= 11 is 5.29. The average Bonchev–Trinajstić information content (AvgIpc) is 2.24. The van der Waals surface area contributed by atoms with Crippen molar-refractivity contribution in [2.45, 2.75) is 25.2 Å². The largest absolute Gasteiger partial charge is 0.408 e. The predicted octanol–water partition coefficient (Wildman–Crippen LogP) is 1.78. The number of nitrogens with one attached hydrogen (secondary N) is 1. The summed E-state index contributed by atoms with van der Waals surface area (Å²) in [5, 5.41) is 1.28. The van der Waals surface area contributed by atoms with Crippen molar-refractivity contribution in [1.29, 1.82) is 0 Å². The van der Waals surface area contributed by atoms with Gasteiger partial charge in [-0.1, -0.05) is 11.6 Å². The quantitative estimate of drug-likeness (QED) is 0.578. The van der Waals surface area contributed by atoms with E-state index in [0.29, 0.717) is 0 Å². The van der Waals surface area contributed by atoms with Crippen molar-refractivity contribution in [3.63, 3.8) is 0 Å². The molecule has 17 heavy (non-hydrogen) atoms. The van der Waals surface area contributed by atoms with Gasteiger partial charge in [-0.3, -0.25) is 9.36 Å². The van der Waals surface area contributed by atoms with Crippen molar-refractivity contribution in [3.8, 4) is 0 Å². The normalized spacial score (nSPS) is 19.7. The lowest BCUT2D eigenvalue weighted by Gasteiger charge is -2.28. The van der Waals surface area contributed by atoms with E-state index >= 15 is 0 Å². The zero-order valence-corrected chi connectivity index (χ0v) is 8.94. The van der Waals surface area contributed by atoms with Crippen molar-refractivity contribution in [3.05, 3.63) is 21.3 Å². The Bertz CT molecular complexity index is 513. The van der Waals surface area contributed by atoms with E-state index in [4.69, 9.17) is 11.6 Å². The van der Waals surface area contributed by atoms with Gasteiger partial charge in [0, 0.05) is 6.54 Å². The number of fused-ring (bicyclic) bond motifs is 1. The molecule has 1 atom stereocenters. The molecule has 0 amide bonds. The van der Waals surface area contributed by atoms with E-state index in [1.54, 1.807) is 0 Å². The summed E-state index contributed by atoms with van der Waals surface area (Å²) in [5.74, 6) is -1.63. The van der Waals surface area contributed by atoms with Crippen LogP contribution in [0.15, 0.2) is 4.79 Å². The van der Waals surface area contributed by atoms with E-state index in [1.807, 2.05) is 5.32 Å². The summed E-state index contributed by atoms with van der Waals surface area (Å²) < 4.78 is 51.2. The third-order valence-electron chi connectivity index (χ3n) is 2.41. The molecular weight excluding hydrogens is 266 g/mol. The van der Waals surface area contributed by atoms with Crippen molar-refractivity contribution in [2.75, 3.05) is 5.32 Å².